The van der Waals surface area contributed by atoms with Gasteiger partial charge in [0.05, 0.1) is 5.69 Å². The molecule has 1 saturated heterocycles. The number of sulfonamides is 1. The Morgan fingerprint density at radius 1 is 1.27 bits per heavy atom. The van der Waals surface area contributed by atoms with Crippen LogP contribution < -0.4 is 0 Å². The summed E-state index contributed by atoms with van der Waals surface area (Å²) >= 11 is 0. The maximum atomic E-state index is 13.7. The Kier molecular flexibility index (Phi) is 5.80. The van der Waals surface area contributed by atoms with Crippen LogP contribution in [0.3, 0.4) is 0 Å². The van der Waals surface area contributed by atoms with E-state index in [1.54, 1.807) is 10.9 Å². The summed E-state index contributed by atoms with van der Waals surface area (Å²) in [5, 5.41) is 4.44. The molecule has 7 heteroatoms. The summed E-state index contributed by atoms with van der Waals surface area (Å²) in [6.07, 6.45) is 9.09. The lowest BCUT2D eigenvalue weighted by molar-refractivity contribution is 0.168. The van der Waals surface area contributed by atoms with Crippen LogP contribution in [0.4, 0.5) is 0 Å². The number of nitrogens with zero attached hydrogens (tertiary/aromatic N) is 4. The average Bonchev–Trinajstić information content (AvgIpc) is 3.17. The van der Waals surface area contributed by atoms with E-state index in [2.05, 4.69) is 30.9 Å². The van der Waals surface area contributed by atoms with E-state index in [-0.39, 0.29) is 5.54 Å². The van der Waals surface area contributed by atoms with Gasteiger partial charge in [-0.05, 0) is 46.2 Å². The first kappa shape index (κ1) is 19.8. The third kappa shape index (κ3) is 3.45. The van der Waals surface area contributed by atoms with Crippen molar-refractivity contribution in [3.05, 3.63) is 11.9 Å². The fourth-order valence-electron chi connectivity index (χ4n) is 4.78. The zero-order valence-corrected chi connectivity index (χ0v) is 17.6. The van der Waals surface area contributed by atoms with Gasteiger partial charge >= 0.3 is 0 Å². The van der Waals surface area contributed by atoms with Crippen molar-refractivity contribution in [3.63, 3.8) is 0 Å². The Hall–Kier alpha value is -0.920. The van der Waals surface area contributed by atoms with E-state index >= 15 is 0 Å². The summed E-state index contributed by atoms with van der Waals surface area (Å²) in [4.78, 5) is 2.70. The highest BCUT2D eigenvalue weighted by atomic mass is 32.2. The summed E-state index contributed by atoms with van der Waals surface area (Å²) in [6.45, 7) is 8.34. The van der Waals surface area contributed by atoms with Gasteiger partial charge in [-0.3, -0.25) is 4.68 Å². The van der Waals surface area contributed by atoms with Crippen molar-refractivity contribution in [3.8, 4) is 0 Å². The van der Waals surface area contributed by atoms with Crippen molar-refractivity contribution in [2.75, 3.05) is 20.1 Å². The van der Waals surface area contributed by atoms with E-state index < -0.39 is 10.0 Å². The molecular formula is C19H34N4O2S. The number of aryl methyl sites for hydroxylation is 2. The zero-order chi connectivity index (χ0) is 18.9. The average molecular weight is 383 g/mol. The van der Waals surface area contributed by atoms with Gasteiger partial charge in [-0.1, -0.05) is 33.1 Å². The van der Waals surface area contributed by atoms with E-state index in [1.807, 2.05) is 11.2 Å². The molecule has 1 atom stereocenters. The zero-order valence-electron chi connectivity index (χ0n) is 16.7. The Morgan fingerprint density at radius 3 is 2.58 bits per heavy atom. The molecule has 1 aliphatic carbocycles. The molecule has 2 aliphatic rings. The molecular weight excluding hydrogens is 348 g/mol. The molecule has 1 aromatic heterocycles. The molecule has 3 rings (SSSR count). The minimum Gasteiger partial charge on any atom is -0.302 e. The molecule has 0 aromatic carbocycles. The second-order valence-corrected chi connectivity index (χ2v) is 9.92. The van der Waals surface area contributed by atoms with Gasteiger partial charge in [-0.2, -0.15) is 9.40 Å². The maximum Gasteiger partial charge on any atom is 0.247 e. The molecule has 0 N–H and O–H groups in total. The van der Waals surface area contributed by atoms with Gasteiger partial charge in [0.1, 0.15) is 4.90 Å². The van der Waals surface area contributed by atoms with Gasteiger partial charge in [0.25, 0.3) is 0 Å². The van der Waals surface area contributed by atoms with Gasteiger partial charge in [-0.25, -0.2) is 8.42 Å². The molecule has 148 valence electrons. The largest absolute Gasteiger partial charge is 0.302 e. The predicted octanol–water partition coefficient (Wildman–Crippen LogP) is 3.02. The van der Waals surface area contributed by atoms with E-state index in [4.69, 9.17) is 0 Å². The highest BCUT2D eigenvalue weighted by Crippen LogP contribution is 2.45. The summed E-state index contributed by atoms with van der Waals surface area (Å²) < 4.78 is 31.0. The first-order valence-electron chi connectivity index (χ1n) is 10.1. The van der Waals surface area contributed by atoms with Crippen molar-refractivity contribution in [1.29, 1.82) is 0 Å². The fourth-order valence-corrected chi connectivity index (χ4v) is 6.82. The Morgan fingerprint density at radius 2 is 1.96 bits per heavy atom. The van der Waals surface area contributed by atoms with E-state index in [9.17, 15) is 8.42 Å². The van der Waals surface area contributed by atoms with E-state index in [0.29, 0.717) is 23.2 Å². The lowest BCUT2D eigenvalue weighted by atomic mass is 9.80. The van der Waals surface area contributed by atoms with Crippen LogP contribution in [0.2, 0.25) is 0 Å². The number of hydrogen-bond acceptors (Lipinski definition) is 4. The monoisotopic (exact) mass is 382 g/mol. The summed E-state index contributed by atoms with van der Waals surface area (Å²) in [6, 6.07) is 0.305. The van der Waals surface area contributed by atoms with Gasteiger partial charge in [0, 0.05) is 30.9 Å². The van der Waals surface area contributed by atoms with E-state index in [0.717, 1.165) is 51.6 Å². The lowest BCUT2D eigenvalue weighted by Gasteiger charge is -2.40. The second kappa shape index (κ2) is 7.60. The predicted molar refractivity (Wildman–Crippen MR) is 104 cm³/mol. The quantitative estimate of drug-likeness (QED) is 0.759. The molecule has 0 amide bonds. The van der Waals surface area contributed by atoms with Gasteiger partial charge < -0.3 is 4.90 Å². The van der Waals surface area contributed by atoms with Gasteiger partial charge in [-0.15, -0.1) is 0 Å². The smallest absolute Gasteiger partial charge is 0.247 e. The first-order chi connectivity index (χ1) is 12.3. The highest BCUT2D eigenvalue weighted by molar-refractivity contribution is 7.89. The van der Waals surface area contributed by atoms with E-state index in [1.165, 1.54) is 6.42 Å². The maximum absolute atomic E-state index is 13.7. The molecule has 1 saturated carbocycles. The molecule has 0 radical (unpaired) electrons. The third-order valence-corrected chi connectivity index (χ3v) is 8.42. The normalized spacial score (nSPS) is 24.0. The molecule has 2 fully saturated rings. The third-order valence-electron chi connectivity index (χ3n) is 6.35. The van der Waals surface area contributed by atoms with Crippen LogP contribution in [0.25, 0.3) is 0 Å². The van der Waals surface area contributed by atoms with Crippen LogP contribution >= 0.6 is 0 Å². The Labute approximate surface area is 158 Å². The Balaban J connectivity index is 1.98. The summed E-state index contributed by atoms with van der Waals surface area (Å²) in [5.74, 6) is 0. The summed E-state index contributed by atoms with van der Waals surface area (Å²) in [7, 11) is -1.41. The van der Waals surface area contributed by atoms with Crippen LogP contribution in [0.5, 0.6) is 0 Å². The first-order valence-corrected chi connectivity index (χ1v) is 11.5. The molecule has 6 nitrogen and oxygen atoms in total. The minimum absolute atomic E-state index is 0.204. The summed E-state index contributed by atoms with van der Waals surface area (Å²) in [5.41, 5.74) is 0.418. The molecule has 26 heavy (non-hydrogen) atoms. The number of rotatable bonds is 6. The molecule has 1 spiro atoms. The van der Waals surface area contributed by atoms with Crippen molar-refractivity contribution in [1.82, 2.24) is 19.0 Å². The topological polar surface area (TPSA) is 58.4 Å². The number of likely N-dealkylation sites (N-methyl/N-ethyl adjacent to an activating group) is 1. The van der Waals surface area contributed by atoms with Gasteiger partial charge in [0.2, 0.25) is 10.0 Å². The molecule has 1 aliphatic heterocycles. The van der Waals surface area contributed by atoms with Crippen LogP contribution in [-0.2, 0) is 16.6 Å². The Bertz CT molecular complexity index is 722. The van der Waals surface area contributed by atoms with Crippen molar-refractivity contribution in [2.45, 2.75) is 88.7 Å². The van der Waals surface area contributed by atoms with Crippen LogP contribution in [0.15, 0.2) is 11.1 Å². The molecule has 1 aromatic rings. The SMILES string of the molecule is CCCn1cc(S(=O)(=O)N2CC(N(C)CC)CC23CCCCC3)c(C)n1. The van der Waals surface area contributed by atoms with Crippen LogP contribution in [-0.4, -0.2) is 59.1 Å². The highest BCUT2D eigenvalue weighted by Gasteiger charge is 2.52. The lowest BCUT2D eigenvalue weighted by Crippen LogP contribution is -2.48. The second-order valence-electron chi connectivity index (χ2n) is 8.09. The van der Waals surface area contributed by atoms with Crippen molar-refractivity contribution in [2.24, 2.45) is 0 Å². The standard InChI is InChI=1S/C19H34N4O2S/c1-5-12-22-15-18(16(3)20-22)26(24,25)23-14-17(21(4)6-2)13-19(23)10-8-7-9-11-19/h15,17H,5-14H2,1-4H3. The number of hydrogen-bond donors (Lipinski definition) is 0. The minimum atomic E-state index is -3.53. The van der Waals surface area contributed by atoms with Crippen LogP contribution in [0, 0.1) is 6.92 Å². The molecule has 2 heterocycles. The fraction of sp³-hybridized carbons (Fsp3) is 0.842. The molecule has 1 unspecified atom stereocenters. The van der Waals surface area contributed by atoms with Gasteiger partial charge in [0.15, 0.2) is 0 Å². The van der Waals surface area contributed by atoms with Crippen LogP contribution in [0.1, 0.15) is 64.5 Å². The van der Waals surface area contributed by atoms with Crippen molar-refractivity contribution < 1.29 is 8.42 Å². The number of aromatic nitrogens is 2. The molecule has 0 bridgehead atoms. The van der Waals surface area contributed by atoms with Crippen molar-refractivity contribution >= 4 is 10.0 Å².